The highest BCUT2D eigenvalue weighted by Gasteiger charge is 2.25. The van der Waals surface area contributed by atoms with Crippen LogP contribution < -0.4 is 0 Å². The van der Waals surface area contributed by atoms with Crippen LogP contribution in [0.5, 0.6) is 0 Å². The third-order valence-electron chi connectivity index (χ3n) is 5.04. The molecule has 3 aromatic rings. The van der Waals surface area contributed by atoms with Gasteiger partial charge in [-0.05, 0) is 58.3 Å². The van der Waals surface area contributed by atoms with Gasteiger partial charge in [-0.2, -0.15) is 0 Å². The first-order valence-corrected chi connectivity index (χ1v) is 9.09. The standard InChI is InChI=1S/C19H25N5O/c1-13(2)24-12-16(21-22-24)11-23-9-7-15(8-10-23)19-20-17-6-4-5-14(3)18(17)25-19/h4-6,12-13,15H,7-11H2,1-3H3. The number of aryl methyl sites for hydroxylation is 1. The number of hydrogen-bond donors (Lipinski definition) is 0. The smallest absolute Gasteiger partial charge is 0.198 e. The monoisotopic (exact) mass is 339 g/mol. The quantitative estimate of drug-likeness (QED) is 0.725. The zero-order valence-corrected chi connectivity index (χ0v) is 15.1. The molecule has 0 spiro atoms. The van der Waals surface area contributed by atoms with E-state index >= 15 is 0 Å². The number of oxazole rings is 1. The van der Waals surface area contributed by atoms with Crippen molar-refractivity contribution < 1.29 is 4.42 Å². The number of aromatic nitrogens is 4. The van der Waals surface area contributed by atoms with E-state index in [1.807, 2.05) is 16.8 Å². The molecule has 6 heteroatoms. The molecule has 0 amide bonds. The number of fused-ring (bicyclic) bond motifs is 1. The van der Waals surface area contributed by atoms with Crippen LogP contribution in [0.25, 0.3) is 11.1 Å². The van der Waals surface area contributed by atoms with Crippen LogP contribution in [0, 0.1) is 6.92 Å². The Morgan fingerprint density at radius 3 is 2.72 bits per heavy atom. The third-order valence-corrected chi connectivity index (χ3v) is 5.04. The summed E-state index contributed by atoms with van der Waals surface area (Å²) >= 11 is 0. The van der Waals surface area contributed by atoms with Gasteiger partial charge in [-0.15, -0.1) is 5.10 Å². The minimum Gasteiger partial charge on any atom is -0.440 e. The highest BCUT2D eigenvalue weighted by atomic mass is 16.3. The second-order valence-corrected chi connectivity index (χ2v) is 7.31. The lowest BCUT2D eigenvalue weighted by molar-refractivity contribution is 0.192. The summed E-state index contributed by atoms with van der Waals surface area (Å²) in [5.41, 5.74) is 4.11. The summed E-state index contributed by atoms with van der Waals surface area (Å²) in [4.78, 5) is 7.16. The summed E-state index contributed by atoms with van der Waals surface area (Å²) in [5, 5.41) is 8.48. The Morgan fingerprint density at radius 2 is 2.04 bits per heavy atom. The van der Waals surface area contributed by atoms with Crippen LogP contribution in [-0.2, 0) is 6.54 Å². The zero-order valence-electron chi connectivity index (χ0n) is 15.1. The van der Waals surface area contributed by atoms with Crippen molar-refractivity contribution in [1.82, 2.24) is 24.9 Å². The van der Waals surface area contributed by atoms with E-state index in [2.05, 4.69) is 48.2 Å². The van der Waals surface area contributed by atoms with Crippen molar-refractivity contribution in [2.45, 2.75) is 52.1 Å². The van der Waals surface area contributed by atoms with Crippen LogP contribution in [-0.4, -0.2) is 38.0 Å². The number of hydrogen-bond acceptors (Lipinski definition) is 5. The minimum atomic E-state index is 0.356. The van der Waals surface area contributed by atoms with E-state index in [-0.39, 0.29) is 0 Å². The van der Waals surface area contributed by atoms with Gasteiger partial charge in [-0.1, -0.05) is 17.3 Å². The average molecular weight is 339 g/mol. The second-order valence-electron chi connectivity index (χ2n) is 7.31. The SMILES string of the molecule is Cc1cccc2nc(C3CCN(Cc4cn(C(C)C)nn4)CC3)oc12. The first-order valence-electron chi connectivity index (χ1n) is 9.09. The first-order chi connectivity index (χ1) is 12.1. The van der Waals surface area contributed by atoms with Crippen molar-refractivity contribution >= 4 is 11.1 Å². The van der Waals surface area contributed by atoms with Gasteiger partial charge in [0.1, 0.15) is 5.52 Å². The molecule has 0 N–H and O–H groups in total. The molecule has 2 aromatic heterocycles. The van der Waals surface area contributed by atoms with Gasteiger partial charge < -0.3 is 4.42 Å². The van der Waals surface area contributed by atoms with Crippen LogP contribution in [0.2, 0.25) is 0 Å². The van der Waals surface area contributed by atoms with E-state index in [4.69, 9.17) is 9.40 Å². The van der Waals surface area contributed by atoms with Crippen LogP contribution >= 0.6 is 0 Å². The maximum Gasteiger partial charge on any atom is 0.198 e. The first kappa shape index (κ1) is 16.3. The number of para-hydroxylation sites is 1. The maximum absolute atomic E-state index is 6.07. The van der Waals surface area contributed by atoms with Gasteiger partial charge in [0, 0.05) is 18.5 Å². The highest BCUT2D eigenvalue weighted by molar-refractivity contribution is 5.76. The largest absolute Gasteiger partial charge is 0.440 e. The summed E-state index contributed by atoms with van der Waals surface area (Å²) in [6.45, 7) is 9.25. The van der Waals surface area contributed by atoms with Crippen LogP contribution in [0.3, 0.4) is 0 Å². The molecule has 1 aliphatic heterocycles. The molecule has 1 aliphatic rings. The molecule has 0 aliphatic carbocycles. The maximum atomic E-state index is 6.07. The minimum absolute atomic E-state index is 0.356. The lowest BCUT2D eigenvalue weighted by Crippen LogP contribution is -2.32. The Morgan fingerprint density at radius 1 is 1.24 bits per heavy atom. The van der Waals surface area contributed by atoms with Gasteiger partial charge in [0.05, 0.1) is 11.9 Å². The lowest BCUT2D eigenvalue weighted by Gasteiger charge is -2.29. The van der Waals surface area contributed by atoms with Crippen molar-refractivity contribution in [2.75, 3.05) is 13.1 Å². The number of benzene rings is 1. The molecule has 0 atom stereocenters. The number of rotatable bonds is 4. The Hall–Kier alpha value is -2.21. The van der Waals surface area contributed by atoms with E-state index in [9.17, 15) is 0 Å². The Labute approximate surface area is 147 Å². The van der Waals surface area contributed by atoms with Crippen molar-refractivity contribution in [3.8, 4) is 0 Å². The van der Waals surface area contributed by atoms with Gasteiger partial charge in [0.15, 0.2) is 11.5 Å². The second kappa shape index (κ2) is 6.59. The predicted octanol–water partition coefficient (Wildman–Crippen LogP) is 3.69. The predicted molar refractivity (Wildman–Crippen MR) is 96.4 cm³/mol. The average Bonchev–Trinajstić information content (AvgIpc) is 3.23. The summed E-state index contributed by atoms with van der Waals surface area (Å²) in [7, 11) is 0. The van der Waals surface area contributed by atoms with Crippen LogP contribution in [0.15, 0.2) is 28.8 Å². The van der Waals surface area contributed by atoms with E-state index in [0.29, 0.717) is 12.0 Å². The molecule has 0 unspecified atom stereocenters. The summed E-state index contributed by atoms with van der Waals surface area (Å²) in [6, 6.07) is 6.50. The lowest BCUT2D eigenvalue weighted by atomic mass is 9.97. The molecule has 1 saturated heterocycles. The van der Waals surface area contributed by atoms with Gasteiger partial charge in [-0.25, -0.2) is 9.67 Å². The molecule has 0 bridgehead atoms. The van der Waals surface area contributed by atoms with E-state index in [1.54, 1.807) is 0 Å². The molecular weight excluding hydrogens is 314 g/mol. The van der Waals surface area contributed by atoms with Crippen molar-refractivity contribution in [3.05, 3.63) is 41.5 Å². The summed E-state index contributed by atoms with van der Waals surface area (Å²) in [5.74, 6) is 1.31. The highest BCUT2D eigenvalue weighted by Crippen LogP contribution is 2.31. The fraction of sp³-hybridized carbons (Fsp3) is 0.526. The zero-order chi connectivity index (χ0) is 17.4. The molecule has 132 valence electrons. The van der Waals surface area contributed by atoms with Gasteiger partial charge in [-0.3, -0.25) is 4.90 Å². The molecule has 0 saturated carbocycles. The molecule has 0 radical (unpaired) electrons. The molecular formula is C19H25N5O. The normalized spacial score (nSPS) is 17.0. The number of piperidine rings is 1. The Kier molecular flexibility index (Phi) is 4.29. The fourth-order valence-corrected chi connectivity index (χ4v) is 3.48. The molecule has 3 heterocycles. The summed E-state index contributed by atoms with van der Waals surface area (Å²) < 4.78 is 7.99. The van der Waals surface area contributed by atoms with E-state index in [1.165, 1.54) is 0 Å². The van der Waals surface area contributed by atoms with Gasteiger partial charge in [0.25, 0.3) is 0 Å². The Bertz CT molecular complexity index is 858. The van der Waals surface area contributed by atoms with Crippen LogP contribution in [0.1, 0.15) is 55.8 Å². The number of nitrogens with zero attached hydrogens (tertiary/aromatic N) is 5. The van der Waals surface area contributed by atoms with Gasteiger partial charge in [0.2, 0.25) is 0 Å². The van der Waals surface area contributed by atoms with E-state index in [0.717, 1.165) is 60.7 Å². The van der Waals surface area contributed by atoms with Crippen molar-refractivity contribution in [3.63, 3.8) is 0 Å². The van der Waals surface area contributed by atoms with Crippen LogP contribution in [0.4, 0.5) is 0 Å². The molecule has 1 aromatic carbocycles. The topological polar surface area (TPSA) is 60.0 Å². The van der Waals surface area contributed by atoms with E-state index < -0.39 is 0 Å². The number of likely N-dealkylation sites (tertiary alicyclic amines) is 1. The molecule has 6 nitrogen and oxygen atoms in total. The van der Waals surface area contributed by atoms with Gasteiger partial charge >= 0.3 is 0 Å². The van der Waals surface area contributed by atoms with Crippen molar-refractivity contribution in [2.24, 2.45) is 0 Å². The molecule has 25 heavy (non-hydrogen) atoms. The molecule has 4 rings (SSSR count). The fourth-order valence-electron chi connectivity index (χ4n) is 3.48. The Balaban J connectivity index is 1.39. The summed E-state index contributed by atoms with van der Waals surface area (Å²) in [6.07, 6.45) is 4.20. The third kappa shape index (κ3) is 3.31. The van der Waals surface area contributed by atoms with Crippen molar-refractivity contribution in [1.29, 1.82) is 0 Å². The molecule has 1 fully saturated rings.